The molecule has 12 N–H and O–H groups in total. The molecule has 20 heteroatoms. The molecule has 4 aliphatic heterocycles. The lowest BCUT2D eigenvalue weighted by Crippen LogP contribution is -2.69. The predicted molar refractivity (Wildman–Crippen MR) is 143 cm³/mol. The standard InChI is InChI=1S/C26H45NO19/c1-6-12(31)17(36)22(23(39)40-6)46-24-11(27-8(3)30)20(15(34)10(5-29)42-24)44-26-19(38)21(13(32)7(2)41-26)45-25-18(37)16(35)14(33)9(4-28)43-25/h6-7,9-26,28-29,31-39H,4-5H2,1-3H3,(H,27,30)/t6-,7-,9-,10+,11+,12-,13-,14-,15+,16+,17+,18+,19+,20+,21+,22+,23+,24-,25-,26-/m0/s1. The summed E-state index contributed by atoms with van der Waals surface area (Å²) in [7, 11) is 0. The van der Waals surface area contributed by atoms with E-state index in [9.17, 15) is 61.0 Å². The average molecular weight is 676 g/mol. The zero-order chi connectivity index (χ0) is 34.2. The van der Waals surface area contributed by atoms with Crippen molar-refractivity contribution in [3.05, 3.63) is 0 Å². The van der Waals surface area contributed by atoms with Crippen molar-refractivity contribution < 1.29 is 94.1 Å². The van der Waals surface area contributed by atoms with Gasteiger partial charge in [0.05, 0.1) is 25.4 Å². The van der Waals surface area contributed by atoms with E-state index >= 15 is 0 Å². The van der Waals surface area contributed by atoms with Crippen LogP contribution in [-0.4, -0.2) is 198 Å². The molecule has 0 saturated carbocycles. The van der Waals surface area contributed by atoms with Crippen LogP contribution in [-0.2, 0) is 38.0 Å². The molecule has 0 aromatic carbocycles. The topological polar surface area (TPSA) is 316 Å². The molecule has 4 fully saturated rings. The number of hydrogen-bond acceptors (Lipinski definition) is 19. The Morgan fingerprint density at radius 2 is 1.09 bits per heavy atom. The van der Waals surface area contributed by atoms with E-state index in [0.717, 1.165) is 6.92 Å². The molecule has 0 aliphatic carbocycles. The number of ether oxygens (including phenoxy) is 7. The number of aliphatic hydroxyl groups excluding tert-OH is 11. The van der Waals surface area contributed by atoms with Crippen LogP contribution >= 0.6 is 0 Å². The quantitative estimate of drug-likeness (QED) is 0.108. The minimum absolute atomic E-state index is 0.696. The molecule has 4 saturated heterocycles. The van der Waals surface area contributed by atoms with Gasteiger partial charge >= 0.3 is 0 Å². The summed E-state index contributed by atoms with van der Waals surface area (Å²) in [5.41, 5.74) is 0. The van der Waals surface area contributed by atoms with Gasteiger partial charge in [-0.25, -0.2) is 0 Å². The van der Waals surface area contributed by atoms with Crippen LogP contribution in [0, 0.1) is 0 Å². The molecule has 4 rings (SSSR count). The third kappa shape index (κ3) is 7.64. The Morgan fingerprint density at radius 3 is 1.70 bits per heavy atom. The first-order valence-electron chi connectivity index (χ1n) is 14.8. The summed E-state index contributed by atoms with van der Waals surface area (Å²) in [5.74, 6) is -0.696. The maximum atomic E-state index is 12.2. The van der Waals surface area contributed by atoms with Crippen molar-refractivity contribution in [2.24, 2.45) is 0 Å². The monoisotopic (exact) mass is 675 g/mol. The van der Waals surface area contributed by atoms with Crippen molar-refractivity contribution in [3.63, 3.8) is 0 Å². The Labute approximate surface area is 262 Å². The van der Waals surface area contributed by atoms with Gasteiger partial charge in [0.1, 0.15) is 85.4 Å². The van der Waals surface area contributed by atoms with Gasteiger partial charge in [0.2, 0.25) is 5.91 Å². The normalized spacial score (nSPS) is 51.9. The molecular formula is C26H45NO19. The Morgan fingerprint density at radius 1 is 0.565 bits per heavy atom. The Balaban J connectivity index is 1.57. The van der Waals surface area contributed by atoms with Crippen LogP contribution < -0.4 is 5.32 Å². The molecule has 0 unspecified atom stereocenters. The lowest BCUT2D eigenvalue weighted by Gasteiger charge is -2.49. The summed E-state index contributed by atoms with van der Waals surface area (Å²) >= 11 is 0. The van der Waals surface area contributed by atoms with Gasteiger partial charge in [0.15, 0.2) is 25.2 Å². The Hall–Kier alpha value is -1.25. The summed E-state index contributed by atoms with van der Waals surface area (Å²) in [4.78, 5) is 12.2. The van der Waals surface area contributed by atoms with Crippen LogP contribution in [0.25, 0.3) is 0 Å². The molecule has 0 spiro atoms. The highest BCUT2D eigenvalue weighted by Crippen LogP contribution is 2.34. The van der Waals surface area contributed by atoms with Gasteiger partial charge < -0.3 is 94.6 Å². The fraction of sp³-hybridized carbons (Fsp3) is 0.962. The lowest BCUT2D eigenvalue weighted by molar-refractivity contribution is -0.378. The lowest BCUT2D eigenvalue weighted by atomic mass is 9.94. The van der Waals surface area contributed by atoms with Crippen molar-refractivity contribution in [2.75, 3.05) is 13.2 Å². The van der Waals surface area contributed by atoms with Crippen molar-refractivity contribution >= 4 is 5.91 Å². The average Bonchev–Trinajstić information content (AvgIpc) is 3.01. The molecule has 4 aliphatic rings. The number of hydrogen-bond donors (Lipinski definition) is 12. The van der Waals surface area contributed by atoms with Crippen molar-refractivity contribution in [1.29, 1.82) is 0 Å². The first-order valence-corrected chi connectivity index (χ1v) is 14.8. The SMILES string of the molecule is CC(=O)N[C@H]1[C@H](O[C@@H]2[C@H](O)[C@@H](O)[C@H](C)O[C@H]2O)O[C@H](CO)[C@@H](O)[C@@H]1O[C@@H]1O[C@@H](C)[C@H](O)[C@@H](O[C@@H]2O[C@@H](CO)[C@H](O)[C@@H](O)[C@H]2O)[C@H]1O. The minimum Gasteiger partial charge on any atom is -0.394 e. The van der Waals surface area contributed by atoms with Gasteiger partial charge in [0, 0.05) is 6.92 Å². The molecule has 46 heavy (non-hydrogen) atoms. The number of aliphatic hydroxyl groups is 11. The molecule has 268 valence electrons. The molecule has 1 amide bonds. The smallest absolute Gasteiger partial charge is 0.217 e. The largest absolute Gasteiger partial charge is 0.394 e. The number of nitrogens with one attached hydrogen (secondary N) is 1. The fourth-order valence-corrected chi connectivity index (χ4v) is 5.81. The minimum atomic E-state index is -1.93. The van der Waals surface area contributed by atoms with E-state index in [1.807, 2.05) is 0 Å². The second kappa shape index (κ2) is 15.5. The van der Waals surface area contributed by atoms with Crippen LogP contribution in [0.15, 0.2) is 0 Å². The van der Waals surface area contributed by atoms with Crippen LogP contribution in [0.1, 0.15) is 20.8 Å². The van der Waals surface area contributed by atoms with Crippen LogP contribution in [0.2, 0.25) is 0 Å². The molecular weight excluding hydrogens is 630 g/mol. The van der Waals surface area contributed by atoms with Crippen molar-refractivity contribution in [3.8, 4) is 0 Å². The molecule has 20 atom stereocenters. The highest BCUT2D eigenvalue weighted by atomic mass is 16.8. The molecule has 4 heterocycles. The first-order chi connectivity index (χ1) is 21.6. The molecule has 0 bridgehead atoms. The maximum Gasteiger partial charge on any atom is 0.217 e. The summed E-state index contributed by atoms with van der Waals surface area (Å²) in [6, 6.07) is -1.49. The van der Waals surface area contributed by atoms with E-state index in [1.165, 1.54) is 13.8 Å². The first kappa shape index (κ1) is 37.6. The van der Waals surface area contributed by atoms with Gasteiger partial charge in [0.25, 0.3) is 0 Å². The molecule has 0 radical (unpaired) electrons. The van der Waals surface area contributed by atoms with E-state index < -0.39 is 142 Å². The Bertz CT molecular complexity index is 995. The van der Waals surface area contributed by atoms with Gasteiger partial charge in [-0.15, -0.1) is 0 Å². The third-order valence-corrected chi connectivity index (χ3v) is 8.53. The maximum absolute atomic E-state index is 12.2. The van der Waals surface area contributed by atoms with E-state index in [0.29, 0.717) is 0 Å². The van der Waals surface area contributed by atoms with Crippen LogP contribution in [0.5, 0.6) is 0 Å². The molecule has 0 aromatic rings. The fourth-order valence-electron chi connectivity index (χ4n) is 5.81. The highest BCUT2D eigenvalue weighted by molar-refractivity contribution is 5.73. The van der Waals surface area contributed by atoms with E-state index in [-0.39, 0.29) is 0 Å². The van der Waals surface area contributed by atoms with Gasteiger partial charge in [-0.2, -0.15) is 0 Å². The number of amides is 1. The third-order valence-electron chi connectivity index (χ3n) is 8.53. The van der Waals surface area contributed by atoms with Crippen molar-refractivity contribution in [1.82, 2.24) is 5.32 Å². The second-order valence-electron chi connectivity index (χ2n) is 11.8. The van der Waals surface area contributed by atoms with E-state index in [4.69, 9.17) is 33.2 Å². The predicted octanol–water partition coefficient (Wildman–Crippen LogP) is -7.55. The summed E-state index contributed by atoms with van der Waals surface area (Å²) in [5, 5.41) is 117. The van der Waals surface area contributed by atoms with Crippen LogP contribution in [0.3, 0.4) is 0 Å². The summed E-state index contributed by atoms with van der Waals surface area (Å²) < 4.78 is 39.0. The zero-order valence-electron chi connectivity index (χ0n) is 25.1. The van der Waals surface area contributed by atoms with Gasteiger partial charge in [-0.3, -0.25) is 4.79 Å². The zero-order valence-corrected chi connectivity index (χ0v) is 25.1. The summed E-state index contributed by atoms with van der Waals surface area (Å²) in [6.45, 7) is 2.27. The number of carbonyl (C=O) groups excluding carboxylic acids is 1. The molecule has 20 nitrogen and oxygen atoms in total. The highest BCUT2D eigenvalue weighted by Gasteiger charge is 2.55. The van der Waals surface area contributed by atoms with E-state index in [1.54, 1.807) is 0 Å². The van der Waals surface area contributed by atoms with E-state index in [2.05, 4.69) is 5.32 Å². The van der Waals surface area contributed by atoms with Gasteiger partial charge in [-0.1, -0.05) is 0 Å². The second-order valence-corrected chi connectivity index (χ2v) is 11.8. The van der Waals surface area contributed by atoms with Crippen molar-refractivity contribution in [2.45, 2.75) is 144 Å². The Kier molecular flexibility index (Phi) is 12.7. The molecule has 0 aromatic heterocycles. The summed E-state index contributed by atoms with van der Waals surface area (Å²) in [6.07, 6.45) is -30.8. The number of rotatable bonds is 9. The number of carbonyl (C=O) groups is 1. The van der Waals surface area contributed by atoms with Gasteiger partial charge in [-0.05, 0) is 13.8 Å². The van der Waals surface area contributed by atoms with Crippen LogP contribution in [0.4, 0.5) is 0 Å².